The minimum atomic E-state index is -0.389. The van der Waals surface area contributed by atoms with Gasteiger partial charge >= 0.3 is 5.97 Å². The zero-order chi connectivity index (χ0) is 16.1. The van der Waals surface area contributed by atoms with Gasteiger partial charge in [0.1, 0.15) is 21.7 Å². The minimum Gasteiger partial charge on any atom is -0.465 e. The lowest BCUT2D eigenvalue weighted by atomic mass is 10.2. The molecule has 4 heterocycles. The largest absolute Gasteiger partial charge is 0.465 e. The topological polar surface area (TPSA) is 98.1 Å². The van der Waals surface area contributed by atoms with Crippen LogP contribution in [0.3, 0.4) is 0 Å². The maximum absolute atomic E-state index is 11.9. The first-order valence-corrected chi connectivity index (χ1v) is 7.71. The van der Waals surface area contributed by atoms with Crippen molar-refractivity contribution in [2.75, 3.05) is 7.11 Å². The Morgan fingerprint density at radius 3 is 3.00 bits per heavy atom. The van der Waals surface area contributed by atoms with E-state index in [-0.39, 0.29) is 5.97 Å². The van der Waals surface area contributed by atoms with E-state index in [4.69, 9.17) is 16.3 Å². The molecule has 116 valence electrons. The monoisotopic (exact) mass is 348 g/mol. The molecular formula is C13H9ClN6O2S. The lowest BCUT2D eigenvalue weighted by Crippen LogP contribution is -1.99. The number of aryl methyl sites for hydroxylation is 1. The van der Waals surface area contributed by atoms with Crippen molar-refractivity contribution in [1.82, 2.24) is 29.8 Å². The van der Waals surface area contributed by atoms with Gasteiger partial charge in [-0.2, -0.15) is 5.10 Å². The number of rotatable bonds is 2. The summed E-state index contributed by atoms with van der Waals surface area (Å²) in [5, 5.41) is 12.2. The Kier molecular flexibility index (Phi) is 3.06. The van der Waals surface area contributed by atoms with Crippen molar-refractivity contribution in [3.8, 4) is 11.5 Å². The molecule has 0 aliphatic carbocycles. The number of methoxy groups -OCH3 is 1. The standard InChI is InChI=1S/C13H9ClN6O2S/c1-5-7-11-17-10(8-6(14)3-16-18-8)19-20(11)4-15-12(7)23-9(5)13(21)22-2/h3-4H,1-2H3,(H,16,18). The molecule has 0 aromatic carbocycles. The molecule has 4 rings (SSSR count). The lowest BCUT2D eigenvalue weighted by molar-refractivity contribution is 0.0605. The van der Waals surface area contributed by atoms with E-state index in [1.165, 1.54) is 24.6 Å². The number of hydrogen-bond donors (Lipinski definition) is 1. The summed E-state index contributed by atoms with van der Waals surface area (Å²) in [6.45, 7) is 1.84. The van der Waals surface area contributed by atoms with E-state index >= 15 is 0 Å². The summed E-state index contributed by atoms with van der Waals surface area (Å²) < 4.78 is 6.36. The highest BCUT2D eigenvalue weighted by molar-refractivity contribution is 7.20. The molecule has 0 saturated carbocycles. The molecule has 1 N–H and O–H groups in total. The van der Waals surface area contributed by atoms with Crippen LogP contribution in [-0.2, 0) is 4.74 Å². The van der Waals surface area contributed by atoms with Crippen LogP contribution in [0.5, 0.6) is 0 Å². The van der Waals surface area contributed by atoms with Crippen LogP contribution < -0.4 is 0 Å². The molecular weight excluding hydrogens is 340 g/mol. The molecule has 23 heavy (non-hydrogen) atoms. The molecule has 8 nitrogen and oxygen atoms in total. The fourth-order valence-corrected chi connectivity index (χ4v) is 3.59. The van der Waals surface area contributed by atoms with Crippen LogP contribution in [0, 0.1) is 6.92 Å². The minimum absolute atomic E-state index is 0.389. The third-order valence-corrected chi connectivity index (χ3v) is 4.92. The van der Waals surface area contributed by atoms with Gasteiger partial charge in [-0.05, 0) is 12.5 Å². The molecule has 0 spiro atoms. The first-order valence-electron chi connectivity index (χ1n) is 6.52. The molecule has 0 atom stereocenters. The molecule has 0 saturated heterocycles. The van der Waals surface area contributed by atoms with Gasteiger partial charge in [0.2, 0.25) is 5.82 Å². The smallest absolute Gasteiger partial charge is 0.348 e. The second-order valence-electron chi connectivity index (χ2n) is 4.77. The molecule has 4 aromatic rings. The maximum Gasteiger partial charge on any atom is 0.348 e. The fourth-order valence-electron chi connectivity index (χ4n) is 2.36. The van der Waals surface area contributed by atoms with Gasteiger partial charge < -0.3 is 4.74 Å². The average molecular weight is 349 g/mol. The zero-order valence-corrected chi connectivity index (χ0v) is 13.6. The summed E-state index contributed by atoms with van der Waals surface area (Å²) in [5.41, 5.74) is 1.90. The molecule has 0 fully saturated rings. The average Bonchev–Trinajstić information content (AvgIpc) is 3.22. The Morgan fingerprint density at radius 1 is 1.48 bits per heavy atom. The maximum atomic E-state index is 11.9. The Balaban J connectivity index is 2.01. The number of fused-ring (bicyclic) bond motifs is 3. The number of aromatic amines is 1. The van der Waals surface area contributed by atoms with Gasteiger partial charge in [0.15, 0.2) is 5.65 Å². The van der Waals surface area contributed by atoms with Gasteiger partial charge in [-0.1, -0.05) is 11.6 Å². The summed E-state index contributed by atoms with van der Waals surface area (Å²) in [6.07, 6.45) is 3.04. The molecule has 4 aromatic heterocycles. The first kappa shape index (κ1) is 14.1. The predicted molar refractivity (Wildman–Crippen MR) is 84.8 cm³/mol. The number of halogens is 1. The number of H-pyrrole nitrogens is 1. The van der Waals surface area contributed by atoms with Crippen molar-refractivity contribution in [2.24, 2.45) is 0 Å². The van der Waals surface area contributed by atoms with E-state index in [0.29, 0.717) is 31.9 Å². The van der Waals surface area contributed by atoms with Gasteiger partial charge in [-0.3, -0.25) is 5.10 Å². The molecule has 0 radical (unpaired) electrons. The number of aromatic nitrogens is 6. The molecule has 0 aliphatic heterocycles. The van der Waals surface area contributed by atoms with Gasteiger partial charge in [0.25, 0.3) is 0 Å². The highest BCUT2D eigenvalue weighted by atomic mass is 35.5. The van der Waals surface area contributed by atoms with Crippen LogP contribution in [0.4, 0.5) is 0 Å². The van der Waals surface area contributed by atoms with Crippen molar-refractivity contribution in [3.05, 3.63) is 28.0 Å². The van der Waals surface area contributed by atoms with Gasteiger partial charge in [0, 0.05) is 0 Å². The normalized spacial score (nSPS) is 11.4. The van der Waals surface area contributed by atoms with Crippen LogP contribution in [-0.4, -0.2) is 42.9 Å². The second kappa shape index (κ2) is 5.00. The Labute approximate surface area is 138 Å². The number of thiophene rings is 1. The van der Waals surface area contributed by atoms with E-state index in [0.717, 1.165) is 10.9 Å². The highest BCUT2D eigenvalue weighted by Crippen LogP contribution is 2.33. The summed E-state index contributed by atoms with van der Waals surface area (Å²) in [6, 6.07) is 0. The van der Waals surface area contributed by atoms with Crippen molar-refractivity contribution >= 4 is 44.8 Å². The van der Waals surface area contributed by atoms with Crippen molar-refractivity contribution in [2.45, 2.75) is 6.92 Å². The first-order chi connectivity index (χ1) is 11.1. The highest BCUT2D eigenvalue weighted by Gasteiger charge is 2.21. The number of carbonyl (C=O) groups is 1. The van der Waals surface area contributed by atoms with Crippen molar-refractivity contribution < 1.29 is 9.53 Å². The van der Waals surface area contributed by atoms with Gasteiger partial charge in [-0.25, -0.2) is 19.3 Å². The van der Waals surface area contributed by atoms with E-state index in [1.807, 2.05) is 6.92 Å². The predicted octanol–water partition coefficient (Wildman–Crippen LogP) is 2.48. The van der Waals surface area contributed by atoms with E-state index in [1.54, 1.807) is 10.8 Å². The summed E-state index contributed by atoms with van der Waals surface area (Å²) >= 11 is 7.33. The van der Waals surface area contributed by atoms with Gasteiger partial charge in [-0.15, -0.1) is 16.4 Å². The summed E-state index contributed by atoms with van der Waals surface area (Å²) in [4.78, 5) is 21.9. The van der Waals surface area contributed by atoms with Crippen LogP contribution in [0.1, 0.15) is 15.2 Å². The fraction of sp³-hybridized carbons (Fsp3) is 0.154. The molecule has 0 bridgehead atoms. The summed E-state index contributed by atoms with van der Waals surface area (Å²) in [7, 11) is 1.35. The second-order valence-corrected chi connectivity index (χ2v) is 6.18. The molecule has 0 unspecified atom stereocenters. The number of esters is 1. The third kappa shape index (κ3) is 2.01. The van der Waals surface area contributed by atoms with Crippen molar-refractivity contribution in [1.29, 1.82) is 0 Å². The van der Waals surface area contributed by atoms with E-state index < -0.39 is 0 Å². The van der Waals surface area contributed by atoms with Crippen molar-refractivity contribution in [3.63, 3.8) is 0 Å². The third-order valence-electron chi connectivity index (χ3n) is 3.45. The number of carbonyl (C=O) groups excluding carboxylic acids is 1. The summed E-state index contributed by atoms with van der Waals surface area (Å²) in [5.74, 6) is 0.0204. The quantitative estimate of drug-likeness (QED) is 0.559. The SMILES string of the molecule is COC(=O)c1sc2ncn3nc(-c4[nH]ncc4Cl)nc3c2c1C. The molecule has 0 aliphatic rings. The Morgan fingerprint density at radius 2 is 2.30 bits per heavy atom. The number of nitrogens with zero attached hydrogens (tertiary/aromatic N) is 5. The van der Waals surface area contributed by atoms with Gasteiger partial charge in [0.05, 0.1) is 23.7 Å². The van der Waals surface area contributed by atoms with Crippen LogP contribution in [0.2, 0.25) is 5.02 Å². The van der Waals surface area contributed by atoms with E-state index in [9.17, 15) is 4.79 Å². The molecule has 0 amide bonds. The lowest BCUT2D eigenvalue weighted by Gasteiger charge is -1.96. The number of hydrogen-bond acceptors (Lipinski definition) is 7. The Bertz CT molecular complexity index is 1070. The van der Waals surface area contributed by atoms with Crippen LogP contribution >= 0.6 is 22.9 Å². The van der Waals surface area contributed by atoms with Crippen LogP contribution in [0.25, 0.3) is 27.4 Å². The van der Waals surface area contributed by atoms with Crippen LogP contribution in [0.15, 0.2) is 12.5 Å². The Hall–Kier alpha value is -2.52. The molecule has 10 heteroatoms. The van der Waals surface area contributed by atoms with E-state index in [2.05, 4.69) is 25.3 Å². The zero-order valence-electron chi connectivity index (χ0n) is 12.0. The number of nitrogens with one attached hydrogen (secondary N) is 1. The number of ether oxygens (including phenoxy) is 1.